The number of nitrogens with one attached hydrogen (secondary N) is 2. The lowest BCUT2D eigenvalue weighted by Gasteiger charge is -2.19. The smallest absolute Gasteiger partial charge is 0.259 e. The molecule has 6 heteroatoms. The summed E-state index contributed by atoms with van der Waals surface area (Å²) < 4.78 is 5.65. The van der Waals surface area contributed by atoms with Crippen LogP contribution in [0.25, 0.3) is 0 Å². The van der Waals surface area contributed by atoms with Crippen molar-refractivity contribution in [3.05, 3.63) is 76.2 Å². The minimum atomic E-state index is -0.220. The fraction of sp³-hybridized carbons (Fsp3) is 0.280. The molecule has 1 heterocycles. The first kappa shape index (κ1) is 21.1. The standard InChI is InChI=1S/C25H26N2O3S/c1-3-30-20-12-8-7-11-19(20)26-24(29)22-18-14-13-16(2)15-21(18)31-25(22)27-23(28)17-9-5-4-6-10-17/h4-12,16H,3,13-15H2,1-2H3,(H,26,29)(H,27,28). The van der Waals surface area contributed by atoms with E-state index >= 15 is 0 Å². The molecule has 0 radical (unpaired) electrons. The minimum absolute atomic E-state index is 0.212. The number of ether oxygens (including phenoxy) is 1. The van der Waals surface area contributed by atoms with E-state index < -0.39 is 0 Å². The molecule has 1 aromatic heterocycles. The number of rotatable bonds is 6. The molecule has 2 N–H and O–H groups in total. The Morgan fingerprint density at radius 2 is 1.77 bits per heavy atom. The molecule has 0 saturated heterocycles. The molecule has 1 unspecified atom stereocenters. The number of carbonyl (C=O) groups excluding carboxylic acids is 2. The summed E-state index contributed by atoms with van der Waals surface area (Å²) >= 11 is 1.52. The van der Waals surface area contributed by atoms with Crippen LogP contribution in [0.5, 0.6) is 5.75 Å². The molecular formula is C25H26N2O3S. The van der Waals surface area contributed by atoms with E-state index in [9.17, 15) is 9.59 Å². The molecule has 31 heavy (non-hydrogen) atoms. The number of benzene rings is 2. The van der Waals surface area contributed by atoms with Crippen molar-refractivity contribution >= 4 is 33.8 Å². The van der Waals surface area contributed by atoms with Gasteiger partial charge in [-0.3, -0.25) is 9.59 Å². The summed E-state index contributed by atoms with van der Waals surface area (Å²) in [7, 11) is 0. The molecule has 5 nitrogen and oxygen atoms in total. The molecule has 0 bridgehead atoms. The Morgan fingerprint density at radius 1 is 1.03 bits per heavy atom. The van der Waals surface area contributed by atoms with Crippen LogP contribution in [-0.4, -0.2) is 18.4 Å². The Balaban J connectivity index is 1.67. The maximum atomic E-state index is 13.4. The Hall–Kier alpha value is -3.12. The molecule has 4 rings (SSSR count). The number of anilines is 2. The first-order valence-electron chi connectivity index (χ1n) is 10.6. The molecule has 2 amide bonds. The van der Waals surface area contributed by atoms with E-state index in [2.05, 4.69) is 17.6 Å². The number of hydrogen-bond acceptors (Lipinski definition) is 4. The molecule has 160 valence electrons. The van der Waals surface area contributed by atoms with E-state index in [4.69, 9.17) is 4.74 Å². The first-order chi connectivity index (χ1) is 15.1. The third kappa shape index (κ3) is 4.64. The van der Waals surface area contributed by atoms with Gasteiger partial charge in [-0.1, -0.05) is 37.3 Å². The van der Waals surface area contributed by atoms with Gasteiger partial charge >= 0.3 is 0 Å². The molecule has 0 aliphatic heterocycles. The van der Waals surface area contributed by atoms with Crippen LogP contribution in [0, 0.1) is 5.92 Å². The van der Waals surface area contributed by atoms with Crippen molar-refractivity contribution in [1.82, 2.24) is 0 Å². The van der Waals surface area contributed by atoms with Crippen molar-refractivity contribution in [3.63, 3.8) is 0 Å². The van der Waals surface area contributed by atoms with Crippen LogP contribution in [0.2, 0.25) is 0 Å². The van der Waals surface area contributed by atoms with Gasteiger partial charge in [-0.05, 0) is 61.9 Å². The Kier molecular flexibility index (Phi) is 6.37. The SMILES string of the molecule is CCOc1ccccc1NC(=O)c1c(NC(=O)c2ccccc2)sc2c1CCC(C)C2. The number of thiophene rings is 1. The lowest BCUT2D eigenvalue weighted by atomic mass is 9.88. The highest BCUT2D eigenvalue weighted by atomic mass is 32.1. The summed E-state index contributed by atoms with van der Waals surface area (Å²) in [6, 6.07) is 16.5. The zero-order chi connectivity index (χ0) is 21.8. The van der Waals surface area contributed by atoms with Gasteiger partial charge in [0.2, 0.25) is 0 Å². The van der Waals surface area contributed by atoms with Gasteiger partial charge in [-0.2, -0.15) is 0 Å². The van der Waals surface area contributed by atoms with Gasteiger partial charge in [0.05, 0.1) is 17.9 Å². The van der Waals surface area contributed by atoms with E-state index in [1.165, 1.54) is 16.2 Å². The number of carbonyl (C=O) groups is 2. The van der Waals surface area contributed by atoms with Crippen LogP contribution in [0.1, 0.15) is 51.4 Å². The lowest BCUT2D eigenvalue weighted by molar-refractivity contribution is 0.102. The fourth-order valence-electron chi connectivity index (χ4n) is 3.88. The zero-order valence-electron chi connectivity index (χ0n) is 17.7. The predicted molar refractivity (Wildman–Crippen MR) is 125 cm³/mol. The van der Waals surface area contributed by atoms with Crippen molar-refractivity contribution in [2.75, 3.05) is 17.2 Å². The van der Waals surface area contributed by atoms with Crippen LogP contribution in [-0.2, 0) is 12.8 Å². The maximum absolute atomic E-state index is 13.4. The third-order valence-electron chi connectivity index (χ3n) is 5.44. The second kappa shape index (κ2) is 9.35. The maximum Gasteiger partial charge on any atom is 0.259 e. The second-order valence-corrected chi connectivity index (χ2v) is 8.86. The molecule has 0 fully saturated rings. The first-order valence-corrected chi connectivity index (χ1v) is 11.4. The van der Waals surface area contributed by atoms with Crippen LogP contribution >= 0.6 is 11.3 Å². The largest absolute Gasteiger partial charge is 0.492 e. The van der Waals surface area contributed by atoms with Crippen LogP contribution in [0.3, 0.4) is 0 Å². The van der Waals surface area contributed by atoms with Crippen molar-refractivity contribution in [3.8, 4) is 5.75 Å². The summed E-state index contributed by atoms with van der Waals surface area (Å²) in [5.74, 6) is 0.767. The summed E-state index contributed by atoms with van der Waals surface area (Å²) in [6.07, 6.45) is 2.80. The average molecular weight is 435 g/mol. The monoisotopic (exact) mass is 434 g/mol. The van der Waals surface area contributed by atoms with Gasteiger partial charge in [0, 0.05) is 10.4 Å². The van der Waals surface area contributed by atoms with Crippen molar-refractivity contribution < 1.29 is 14.3 Å². The second-order valence-electron chi connectivity index (χ2n) is 7.76. The quantitative estimate of drug-likeness (QED) is 0.517. The summed E-state index contributed by atoms with van der Waals surface area (Å²) in [6.45, 7) is 4.65. The summed E-state index contributed by atoms with van der Waals surface area (Å²) in [5, 5.41) is 6.61. The average Bonchev–Trinajstić information content (AvgIpc) is 3.12. The topological polar surface area (TPSA) is 67.4 Å². The van der Waals surface area contributed by atoms with Gasteiger partial charge in [-0.25, -0.2) is 0 Å². The van der Waals surface area contributed by atoms with E-state index in [1.54, 1.807) is 12.1 Å². The number of fused-ring (bicyclic) bond motifs is 1. The fourth-order valence-corrected chi connectivity index (χ4v) is 5.28. The van der Waals surface area contributed by atoms with Crippen LogP contribution < -0.4 is 15.4 Å². The Morgan fingerprint density at radius 3 is 2.55 bits per heavy atom. The summed E-state index contributed by atoms with van der Waals surface area (Å²) in [4.78, 5) is 27.4. The highest BCUT2D eigenvalue weighted by Crippen LogP contribution is 2.40. The van der Waals surface area contributed by atoms with Crippen molar-refractivity contribution in [1.29, 1.82) is 0 Å². The van der Waals surface area contributed by atoms with Crippen LogP contribution in [0.15, 0.2) is 54.6 Å². The van der Waals surface area contributed by atoms with Gasteiger partial charge < -0.3 is 15.4 Å². The lowest BCUT2D eigenvalue weighted by Crippen LogP contribution is -2.19. The van der Waals surface area contributed by atoms with Crippen molar-refractivity contribution in [2.24, 2.45) is 5.92 Å². The van der Waals surface area contributed by atoms with E-state index in [0.717, 1.165) is 24.8 Å². The van der Waals surface area contributed by atoms with Crippen LogP contribution in [0.4, 0.5) is 10.7 Å². The van der Waals surface area contributed by atoms with Crippen molar-refractivity contribution in [2.45, 2.75) is 33.1 Å². The Bertz CT molecular complexity index is 1090. The molecule has 1 aliphatic rings. The predicted octanol–water partition coefficient (Wildman–Crippen LogP) is 5.78. The van der Waals surface area contributed by atoms with Gasteiger partial charge in [0.25, 0.3) is 11.8 Å². The number of amides is 2. The molecule has 3 aromatic rings. The molecular weight excluding hydrogens is 408 g/mol. The van der Waals surface area contributed by atoms with Gasteiger partial charge in [0.1, 0.15) is 10.8 Å². The zero-order valence-corrected chi connectivity index (χ0v) is 18.6. The number of para-hydroxylation sites is 2. The normalized spacial score (nSPS) is 15.1. The molecule has 1 atom stereocenters. The minimum Gasteiger partial charge on any atom is -0.492 e. The highest BCUT2D eigenvalue weighted by molar-refractivity contribution is 7.17. The Labute approximate surface area is 186 Å². The number of hydrogen-bond donors (Lipinski definition) is 2. The molecule has 1 aliphatic carbocycles. The molecule has 0 saturated carbocycles. The molecule has 0 spiro atoms. The van der Waals surface area contributed by atoms with Gasteiger partial charge in [-0.15, -0.1) is 11.3 Å². The molecule has 2 aromatic carbocycles. The summed E-state index contributed by atoms with van der Waals surface area (Å²) in [5.41, 5.74) is 2.81. The highest BCUT2D eigenvalue weighted by Gasteiger charge is 2.29. The van der Waals surface area contributed by atoms with Gasteiger partial charge in [0.15, 0.2) is 0 Å². The van der Waals surface area contributed by atoms with E-state index in [0.29, 0.717) is 40.1 Å². The van der Waals surface area contributed by atoms with E-state index in [-0.39, 0.29) is 11.8 Å². The van der Waals surface area contributed by atoms with E-state index in [1.807, 2.05) is 49.4 Å². The third-order valence-corrected chi connectivity index (χ3v) is 6.61.